The second-order valence-electron chi connectivity index (χ2n) is 4.55. The molecule has 0 fully saturated rings. The lowest BCUT2D eigenvalue weighted by Gasteiger charge is -2.06. The molecule has 0 saturated heterocycles. The molecular formula is C12H13N5O2S. The highest BCUT2D eigenvalue weighted by Crippen LogP contribution is 2.30. The maximum absolute atomic E-state index is 11.7. The molecular weight excluding hydrogens is 278 g/mol. The van der Waals surface area contributed by atoms with Crippen LogP contribution in [0.1, 0.15) is 19.9 Å². The van der Waals surface area contributed by atoms with E-state index in [1.165, 1.54) is 11.8 Å². The summed E-state index contributed by atoms with van der Waals surface area (Å²) in [6.07, 6.45) is 0. The molecule has 0 atom stereocenters. The number of benzene rings is 1. The zero-order valence-corrected chi connectivity index (χ0v) is 11.8. The fourth-order valence-corrected chi connectivity index (χ4v) is 2.80. The van der Waals surface area contributed by atoms with Gasteiger partial charge in [0.25, 0.3) is 5.22 Å². The lowest BCUT2D eigenvalue weighted by atomic mass is 10.3. The number of aromatic amines is 1. The molecule has 2 heterocycles. The quantitative estimate of drug-likeness (QED) is 0.716. The van der Waals surface area contributed by atoms with E-state index in [2.05, 4.69) is 15.2 Å². The van der Waals surface area contributed by atoms with Gasteiger partial charge in [0.2, 0.25) is 5.16 Å². The number of para-hydroxylation sites is 1. The maximum Gasteiger partial charge on any atom is 0.344 e. The van der Waals surface area contributed by atoms with Crippen LogP contribution >= 0.6 is 11.8 Å². The normalized spacial score (nSPS) is 11.6. The van der Waals surface area contributed by atoms with E-state index in [0.717, 1.165) is 0 Å². The largest absolute Gasteiger partial charge is 0.431 e. The van der Waals surface area contributed by atoms with Gasteiger partial charge in [-0.15, -0.1) is 5.10 Å². The van der Waals surface area contributed by atoms with E-state index >= 15 is 0 Å². The van der Waals surface area contributed by atoms with Gasteiger partial charge in [0.15, 0.2) is 5.58 Å². The van der Waals surface area contributed by atoms with Crippen LogP contribution in [0.2, 0.25) is 0 Å². The molecule has 0 radical (unpaired) electrons. The molecule has 0 aliphatic heterocycles. The molecule has 1 aromatic carbocycles. The lowest BCUT2D eigenvalue weighted by Crippen LogP contribution is -2.19. The Morgan fingerprint density at radius 3 is 2.95 bits per heavy atom. The van der Waals surface area contributed by atoms with Crippen molar-refractivity contribution in [3.63, 3.8) is 0 Å². The van der Waals surface area contributed by atoms with Crippen LogP contribution < -0.4 is 11.4 Å². The number of hydrogen-bond donors (Lipinski definition) is 2. The second-order valence-corrected chi connectivity index (χ2v) is 5.47. The monoisotopic (exact) mass is 291 g/mol. The zero-order chi connectivity index (χ0) is 14.3. The summed E-state index contributed by atoms with van der Waals surface area (Å²) in [6, 6.07) is 5.36. The first kappa shape index (κ1) is 12.8. The second kappa shape index (κ2) is 4.71. The van der Waals surface area contributed by atoms with Crippen LogP contribution in [0.25, 0.3) is 11.1 Å². The van der Waals surface area contributed by atoms with Crippen molar-refractivity contribution in [2.75, 3.05) is 5.73 Å². The Labute approximate surface area is 118 Å². The van der Waals surface area contributed by atoms with Gasteiger partial charge in [-0.2, -0.15) is 0 Å². The maximum atomic E-state index is 11.7. The minimum absolute atomic E-state index is 0.00167. The third-order valence-electron chi connectivity index (χ3n) is 2.80. The summed E-state index contributed by atoms with van der Waals surface area (Å²) in [6.45, 7) is 3.82. The molecule has 3 rings (SSSR count). The number of nitrogens with two attached hydrogens (primary N) is 1. The average Bonchev–Trinajstić information content (AvgIpc) is 2.94. The number of fused-ring (bicyclic) bond motifs is 1. The first-order valence-electron chi connectivity index (χ1n) is 6.06. The van der Waals surface area contributed by atoms with Gasteiger partial charge >= 0.3 is 5.69 Å². The lowest BCUT2D eigenvalue weighted by molar-refractivity contribution is 0.484. The summed E-state index contributed by atoms with van der Waals surface area (Å²) in [5.74, 6) is 0. The summed E-state index contributed by atoms with van der Waals surface area (Å²) >= 11 is 1.19. The van der Waals surface area contributed by atoms with Crippen molar-refractivity contribution in [1.29, 1.82) is 0 Å². The van der Waals surface area contributed by atoms with E-state index in [4.69, 9.17) is 10.2 Å². The van der Waals surface area contributed by atoms with Crippen LogP contribution in [-0.2, 0) is 0 Å². The number of anilines is 1. The Morgan fingerprint density at radius 1 is 1.45 bits per heavy atom. The van der Waals surface area contributed by atoms with Crippen LogP contribution in [0.4, 0.5) is 5.69 Å². The molecule has 0 bridgehead atoms. The predicted molar refractivity (Wildman–Crippen MR) is 75.8 cm³/mol. The molecule has 3 aromatic rings. The van der Waals surface area contributed by atoms with E-state index in [9.17, 15) is 4.79 Å². The third kappa shape index (κ3) is 2.07. The van der Waals surface area contributed by atoms with Gasteiger partial charge in [-0.05, 0) is 26.0 Å². The minimum atomic E-state index is -0.252. The van der Waals surface area contributed by atoms with Crippen molar-refractivity contribution in [3.8, 4) is 0 Å². The molecule has 20 heavy (non-hydrogen) atoms. The molecule has 0 unspecified atom stereocenters. The van der Waals surface area contributed by atoms with E-state index < -0.39 is 0 Å². The first-order valence-corrected chi connectivity index (χ1v) is 6.87. The summed E-state index contributed by atoms with van der Waals surface area (Å²) in [5, 5.41) is 7.32. The van der Waals surface area contributed by atoms with Crippen LogP contribution in [0.5, 0.6) is 0 Å². The number of rotatable bonds is 3. The average molecular weight is 291 g/mol. The minimum Gasteiger partial charge on any atom is -0.431 e. The van der Waals surface area contributed by atoms with Crippen molar-refractivity contribution < 1.29 is 4.42 Å². The number of nitrogen functional groups attached to an aromatic ring is 1. The fourth-order valence-electron chi connectivity index (χ4n) is 1.89. The van der Waals surface area contributed by atoms with Gasteiger partial charge in [0.05, 0.1) is 5.69 Å². The van der Waals surface area contributed by atoms with Crippen molar-refractivity contribution in [2.24, 2.45) is 0 Å². The van der Waals surface area contributed by atoms with Gasteiger partial charge in [-0.3, -0.25) is 4.57 Å². The van der Waals surface area contributed by atoms with E-state index in [0.29, 0.717) is 27.2 Å². The Balaban J connectivity index is 2.02. The van der Waals surface area contributed by atoms with Gasteiger partial charge in [0, 0.05) is 17.8 Å². The van der Waals surface area contributed by atoms with E-state index in [-0.39, 0.29) is 11.7 Å². The SMILES string of the molecule is CC(C)n1c(Sc2nc3c(N)cccc3o2)n[nH]c1=O. The Hall–Kier alpha value is -2.22. The van der Waals surface area contributed by atoms with E-state index in [1.807, 2.05) is 13.8 Å². The third-order valence-corrected chi connectivity index (χ3v) is 3.62. The molecule has 104 valence electrons. The molecule has 0 saturated carbocycles. The van der Waals surface area contributed by atoms with Gasteiger partial charge in [0.1, 0.15) is 5.52 Å². The van der Waals surface area contributed by atoms with Gasteiger partial charge in [-0.25, -0.2) is 14.9 Å². The van der Waals surface area contributed by atoms with Crippen molar-refractivity contribution >= 4 is 28.5 Å². The highest BCUT2D eigenvalue weighted by molar-refractivity contribution is 7.99. The first-order chi connectivity index (χ1) is 9.56. The summed E-state index contributed by atoms with van der Waals surface area (Å²) < 4.78 is 7.14. The van der Waals surface area contributed by atoms with Crippen LogP contribution in [0.15, 0.2) is 37.8 Å². The molecule has 7 nitrogen and oxygen atoms in total. The molecule has 0 spiro atoms. The highest BCUT2D eigenvalue weighted by atomic mass is 32.2. The van der Waals surface area contributed by atoms with Crippen molar-refractivity contribution in [1.82, 2.24) is 19.7 Å². The fraction of sp³-hybridized carbons (Fsp3) is 0.250. The van der Waals surface area contributed by atoms with Crippen LogP contribution in [0, 0.1) is 0 Å². The molecule has 0 aliphatic carbocycles. The smallest absolute Gasteiger partial charge is 0.344 e. The van der Waals surface area contributed by atoms with Crippen LogP contribution in [0.3, 0.4) is 0 Å². The highest BCUT2D eigenvalue weighted by Gasteiger charge is 2.16. The number of aromatic nitrogens is 4. The molecule has 2 aromatic heterocycles. The number of nitrogens with zero attached hydrogens (tertiary/aromatic N) is 3. The van der Waals surface area contributed by atoms with E-state index in [1.54, 1.807) is 22.8 Å². The van der Waals surface area contributed by atoms with Crippen LogP contribution in [-0.4, -0.2) is 19.7 Å². The molecule has 0 amide bonds. The number of oxazole rings is 1. The zero-order valence-electron chi connectivity index (χ0n) is 11.0. The summed E-state index contributed by atoms with van der Waals surface area (Å²) in [7, 11) is 0. The Bertz CT molecular complexity index is 817. The van der Waals surface area contributed by atoms with Crippen molar-refractivity contribution in [3.05, 3.63) is 28.7 Å². The summed E-state index contributed by atoms with van der Waals surface area (Å²) in [5.41, 5.74) is 7.37. The van der Waals surface area contributed by atoms with Crippen molar-refractivity contribution in [2.45, 2.75) is 30.3 Å². The standard InChI is InChI=1S/C12H13N5O2S/c1-6(2)17-10(18)15-16-11(17)20-12-14-9-7(13)4-3-5-8(9)19-12/h3-6H,13H2,1-2H3,(H,15,18). The molecule has 3 N–H and O–H groups in total. The predicted octanol–water partition coefficient (Wildman–Crippen LogP) is 2.03. The molecule has 0 aliphatic rings. The number of H-pyrrole nitrogens is 1. The Kier molecular flexibility index (Phi) is 3.01. The topological polar surface area (TPSA) is 103 Å². The Morgan fingerprint density at radius 2 is 2.25 bits per heavy atom. The van der Waals surface area contributed by atoms with Gasteiger partial charge < -0.3 is 10.2 Å². The number of hydrogen-bond acceptors (Lipinski definition) is 6. The summed E-state index contributed by atoms with van der Waals surface area (Å²) in [4.78, 5) is 16.0. The van der Waals surface area contributed by atoms with Gasteiger partial charge in [-0.1, -0.05) is 6.07 Å². The molecule has 8 heteroatoms. The number of nitrogens with one attached hydrogen (secondary N) is 1.